The summed E-state index contributed by atoms with van der Waals surface area (Å²) in [5.41, 5.74) is 2.56. The lowest BCUT2D eigenvalue weighted by atomic mass is 10.2. The van der Waals surface area contributed by atoms with E-state index >= 15 is 0 Å². The number of aryl methyl sites for hydroxylation is 1. The molecule has 1 N–H and O–H groups in total. The molecular formula is C20H16F3N3O. The van der Waals surface area contributed by atoms with Gasteiger partial charge in [0.2, 0.25) is 5.91 Å². The van der Waals surface area contributed by atoms with Crippen molar-refractivity contribution in [3.8, 4) is 5.69 Å². The van der Waals surface area contributed by atoms with Crippen LogP contribution in [-0.4, -0.2) is 15.7 Å². The molecule has 3 aromatic rings. The minimum Gasteiger partial charge on any atom is -0.320 e. The van der Waals surface area contributed by atoms with Crippen molar-refractivity contribution >= 4 is 17.7 Å². The van der Waals surface area contributed by atoms with Gasteiger partial charge in [0.05, 0.1) is 17.1 Å². The summed E-state index contributed by atoms with van der Waals surface area (Å²) in [6, 6.07) is 9.41. The van der Waals surface area contributed by atoms with Gasteiger partial charge in [0.25, 0.3) is 0 Å². The zero-order valence-corrected chi connectivity index (χ0v) is 14.6. The molecule has 1 amide bonds. The van der Waals surface area contributed by atoms with Gasteiger partial charge in [-0.2, -0.15) is 5.10 Å². The fourth-order valence-electron chi connectivity index (χ4n) is 2.66. The first-order valence-corrected chi connectivity index (χ1v) is 8.12. The Morgan fingerprint density at radius 2 is 1.78 bits per heavy atom. The molecule has 0 bridgehead atoms. The number of nitrogens with zero attached hydrogens (tertiary/aromatic N) is 2. The second kappa shape index (κ2) is 7.49. The average Bonchev–Trinajstić information content (AvgIpc) is 2.92. The summed E-state index contributed by atoms with van der Waals surface area (Å²) in [6.45, 7) is 3.59. The molecule has 27 heavy (non-hydrogen) atoms. The highest BCUT2D eigenvalue weighted by Crippen LogP contribution is 2.20. The maximum atomic E-state index is 13.6. The molecule has 0 aliphatic carbocycles. The zero-order valence-electron chi connectivity index (χ0n) is 14.6. The van der Waals surface area contributed by atoms with Crippen LogP contribution in [0, 0.1) is 31.3 Å². The topological polar surface area (TPSA) is 46.9 Å². The minimum absolute atomic E-state index is 0.236. The van der Waals surface area contributed by atoms with Gasteiger partial charge in [-0.3, -0.25) is 4.79 Å². The lowest BCUT2D eigenvalue weighted by Crippen LogP contribution is -2.10. The number of anilines is 1. The number of carbonyl (C=O) groups is 1. The Hall–Kier alpha value is -3.35. The summed E-state index contributed by atoms with van der Waals surface area (Å²) in [5.74, 6) is -3.10. The van der Waals surface area contributed by atoms with Crippen molar-refractivity contribution in [2.75, 3.05) is 5.32 Å². The molecule has 0 aliphatic heterocycles. The SMILES string of the molecule is Cc1nn(-c2ccc(F)cc2)c(C)c1/C=C/C(=O)Nc1cccc(F)c1F. The first kappa shape index (κ1) is 18.4. The third-order valence-corrected chi connectivity index (χ3v) is 4.03. The Balaban J connectivity index is 1.82. The Kier molecular flexibility index (Phi) is 5.12. The van der Waals surface area contributed by atoms with Crippen LogP contribution in [0.1, 0.15) is 17.0 Å². The lowest BCUT2D eigenvalue weighted by Gasteiger charge is -2.05. The fraction of sp³-hybridized carbons (Fsp3) is 0.100. The predicted octanol–water partition coefficient (Wildman–Crippen LogP) is 4.56. The van der Waals surface area contributed by atoms with Crippen LogP contribution in [0.25, 0.3) is 11.8 Å². The number of rotatable bonds is 4. The van der Waals surface area contributed by atoms with Crippen LogP contribution in [0.3, 0.4) is 0 Å². The van der Waals surface area contributed by atoms with Crippen LogP contribution < -0.4 is 5.32 Å². The van der Waals surface area contributed by atoms with Crippen LogP contribution in [-0.2, 0) is 4.79 Å². The summed E-state index contributed by atoms with van der Waals surface area (Å²) >= 11 is 0. The van der Waals surface area contributed by atoms with Crippen LogP contribution in [0.15, 0.2) is 48.5 Å². The second-order valence-electron chi connectivity index (χ2n) is 5.90. The third kappa shape index (κ3) is 3.92. The largest absolute Gasteiger partial charge is 0.320 e. The molecule has 138 valence electrons. The molecule has 1 aromatic heterocycles. The molecule has 0 spiro atoms. The number of hydrogen-bond donors (Lipinski definition) is 1. The first-order chi connectivity index (χ1) is 12.9. The van der Waals surface area contributed by atoms with Crippen LogP contribution in [0.2, 0.25) is 0 Å². The van der Waals surface area contributed by atoms with Gasteiger partial charge in [0, 0.05) is 17.3 Å². The van der Waals surface area contributed by atoms with Crippen LogP contribution >= 0.6 is 0 Å². The van der Waals surface area contributed by atoms with Crippen molar-refractivity contribution in [1.82, 2.24) is 9.78 Å². The third-order valence-electron chi connectivity index (χ3n) is 4.03. The molecule has 0 saturated carbocycles. The standard InChI is InChI=1S/C20H16F3N3O/c1-12-16(13(2)26(25-12)15-8-6-14(21)7-9-15)10-11-19(27)24-18-5-3-4-17(22)20(18)23/h3-11H,1-2H3,(H,24,27)/b11-10+. The van der Waals surface area contributed by atoms with Gasteiger partial charge in [-0.25, -0.2) is 17.9 Å². The van der Waals surface area contributed by atoms with E-state index in [9.17, 15) is 18.0 Å². The molecule has 0 atom stereocenters. The summed E-state index contributed by atoms with van der Waals surface area (Å²) in [7, 11) is 0. The monoisotopic (exact) mass is 371 g/mol. The number of nitrogens with one attached hydrogen (secondary N) is 1. The summed E-state index contributed by atoms with van der Waals surface area (Å²) in [6.07, 6.45) is 2.76. The van der Waals surface area contributed by atoms with E-state index in [1.165, 1.54) is 30.3 Å². The van der Waals surface area contributed by atoms with Crippen molar-refractivity contribution in [3.05, 3.63) is 82.9 Å². The van der Waals surface area contributed by atoms with Gasteiger partial charge in [-0.15, -0.1) is 0 Å². The summed E-state index contributed by atoms with van der Waals surface area (Å²) in [5, 5.41) is 6.69. The molecular weight excluding hydrogens is 355 g/mol. The van der Waals surface area contributed by atoms with E-state index in [2.05, 4.69) is 10.4 Å². The van der Waals surface area contributed by atoms with Gasteiger partial charge in [0.15, 0.2) is 11.6 Å². The highest BCUT2D eigenvalue weighted by Gasteiger charge is 2.12. The number of aromatic nitrogens is 2. The highest BCUT2D eigenvalue weighted by atomic mass is 19.2. The molecule has 0 saturated heterocycles. The summed E-state index contributed by atoms with van der Waals surface area (Å²) < 4.78 is 41.5. The van der Waals surface area contributed by atoms with Gasteiger partial charge >= 0.3 is 0 Å². The predicted molar refractivity (Wildman–Crippen MR) is 97.0 cm³/mol. The van der Waals surface area contributed by atoms with Crippen molar-refractivity contribution in [1.29, 1.82) is 0 Å². The van der Waals surface area contributed by atoms with Crippen molar-refractivity contribution in [2.45, 2.75) is 13.8 Å². The maximum absolute atomic E-state index is 13.6. The van der Waals surface area contributed by atoms with Gasteiger partial charge in [-0.1, -0.05) is 6.07 Å². The number of benzene rings is 2. The maximum Gasteiger partial charge on any atom is 0.248 e. The minimum atomic E-state index is -1.12. The Labute approximate surface area is 153 Å². The molecule has 1 heterocycles. The smallest absolute Gasteiger partial charge is 0.248 e. The summed E-state index contributed by atoms with van der Waals surface area (Å²) in [4.78, 5) is 12.0. The molecule has 7 heteroatoms. The first-order valence-electron chi connectivity index (χ1n) is 8.12. The molecule has 0 fully saturated rings. The van der Waals surface area contributed by atoms with Gasteiger partial charge in [0.1, 0.15) is 5.82 Å². The zero-order chi connectivity index (χ0) is 19.6. The molecule has 4 nitrogen and oxygen atoms in total. The molecule has 2 aromatic carbocycles. The number of hydrogen-bond acceptors (Lipinski definition) is 2. The van der Waals surface area contributed by atoms with Crippen LogP contribution in [0.5, 0.6) is 0 Å². The van der Waals surface area contributed by atoms with Crippen molar-refractivity contribution in [2.24, 2.45) is 0 Å². The van der Waals surface area contributed by atoms with E-state index in [0.29, 0.717) is 16.9 Å². The van der Waals surface area contributed by atoms with Gasteiger partial charge < -0.3 is 5.32 Å². The Morgan fingerprint density at radius 3 is 2.48 bits per heavy atom. The van der Waals surface area contributed by atoms with Crippen LogP contribution in [0.4, 0.5) is 18.9 Å². The van der Waals surface area contributed by atoms with E-state index in [0.717, 1.165) is 11.8 Å². The van der Waals surface area contributed by atoms with Crippen molar-refractivity contribution < 1.29 is 18.0 Å². The van der Waals surface area contributed by atoms with E-state index < -0.39 is 17.5 Å². The Morgan fingerprint density at radius 1 is 1.07 bits per heavy atom. The van der Waals surface area contributed by atoms with Gasteiger partial charge in [-0.05, 0) is 56.3 Å². The number of carbonyl (C=O) groups excluding carboxylic acids is 1. The Bertz CT molecular complexity index is 1020. The van der Waals surface area contributed by atoms with E-state index in [1.807, 2.05) is 6.92 Å². The average molecular weight is 371 g/mol. The number of halogens is 3. The molecule has 0 aliphatic rings. The second-order valence-corrected chi connectivity index (χ2v) is 5.90. The number of amides is 1. The normalized spacial score (nSPS) is 11.1. The lowest BCUT2D eigenvalue weighted by molar-refractivity contribution is -0.111. The van der Waals surface area contributed by atoms with E-state index in [1.54, 1.807) is 29.8 Å². The molecule has 0 radical (unpaired) electrons. The van der Waals surface area contributed by atoms with Crippen molar-refractivity contribution in [3.63, 3.8) is 0 Å². The molecule has 3 rings (SSSR count). The molecule has 0 unspecified atom stereocenters. The quantitative estimate of drug-likeness (QED) is 0.684. The fourth-order valence-corrected chi connectivity index (χ4v) is 2.66. The highest BCUT2D eigenvalue weighted by molar-refractivity contribution is 6.02. The van der Waals surface area contributed by atoms with E-state index in [4.69, 9.17) is 0 Å². The van der Waals surface area contributed by atoms with E-state index in [-0.39, 0.29) is 11.5 Å².